The van der Waals surface area contributed by atoms with E-state index in [9.17, 15) is 14.0 Å². The Bertz CT molecular complexity index is 749. The first-order chi connectivity index (χ1) is 9.49. The van der Waals surface area contributed by atoms with Crippen molar-refractivity contribution in [3.05, 3.63) is 38.0 Å². The second-order valence-electron chi connectivity index (χ2n) is 3.92. The molecule has 2 aromatic rings. The van der Waals surface area contributed by atoms with Crippen molar-refractivity contribution in [2.75, 3.05) is 4.90 Å². The molecule has 1 aromatic carbocycles. The van der Waals surface area contributed by atoms with Crippen molar-refractivity contribution in [3.8, 4) is 0 Å². The summed E-state index contributed by atoms with van der Waals surface area (Å²) in [4.78, 5) is 24.8. The molecule has 0 saturated carbocycles. The van der Waals surface area contributed by atoms with E-state index in [1.807, 2.05) is 0 Å². The lowest BCUT2D eigenvalue weighted by molar-refractivity contribution is -0.114. The number of halogens is 3. The summed E-state index contributed by atoms with van der Waals surface area (Å²) < 4.78 is 14.1. The third-order valence-electron chi connectivity index (χ3n) is 2.75. The summed E-state index contributed by atoms with van der Waals surface area (Å²) in [5.74, 6) is -2.38. The molecular formula is C11H4Cl2FN3O2S. The molecule has 1 aromatic heterocycles. The van der Waals surface area contributed by atoms with Gasteiger partial charge in [-0.1, -0.05) is 22.9 Å². The first-order valence-corrected chi connectivity index (χ1v) is 6.88. The van der Waals surface area contributed by atoms with E-state index in [4.69, 9.17) is 23.2 Å². The maximum Gasteiger partial charge on any atom is 0.300 e. The summed E-state index contributed by atoms with van der Waals surface area (Å²) in [6, 6.07) is 2.35. The number of hydrogen-bond donors (Lipinski definition) is 0. The van der Waals surface area contributed by atoms with Gasteiger partial charge >= 0.3 is 0 Å². The average Bonchev–Trinajstić information content (AvgIpc) is 2.92. The minimum Gasteiger partial charge on any atom is -0.295 e. The van der Waals surface area contributed by atoms with E-state index in [0.717, 1.165) is 22.3 Å². The first kappa shape index (κ1) is 13.4. The van der Waals surface area contributed by atoms with Crippen LogP contribution in [0.15, 0.2) is 12.1 Å². The molecule has 1 aliphatic rings. The van der Waals surface area contributed by atoms with Crippen molar-refractivity contribution < 1.29 is 14.0 Å². The van der Waals surface area contributed by atoms with Gasteiger partial charge in [0, 0.05) is 0 Å². The predicted molar refractivity (Wildman–Crippen MR) is 71.8 cm³/mol. The van der Waals surface area contributed by atoms with Gasteiger partial charge in [-0.2, -0.15) is 0 Å². The molecule has 0 saturated heterocycles. The molecule has 0 aliphatic carbocycles. The van der Waals surface area contributed by atoms with Crippen LogP contribution in [-0.2, 0) is 11.3 Å². The fraction of sp³-hybridized carbons (Fsp3) is 0.0909. The second-order valence-corrected chi connectivity index (χ2v) is 5.97. The van der Waals surface area contributed by atoms with Crippen LogP contribution in [0.5, 0.6) is 0 Å². The number of nitrogens with zero attached hydrogens (tertiary/aromatic N) is 3. The largest absolute Gasteiger partial charge is 0.300 e. The van der Waals surface area contributed by atoms with Crippen LogP contribution < -0.4 is 4.90 Å². The number of carbonyl (C=O) groups is 2. The molecule has 0 radical (unpaired) electrons. The van der Waals surface area contributed by atoms with E-state index < -0.39 is 17.5 Å². The smallest absolute Gasteiger partial charge is 0.295 e. The van der Waals surface area contributed by atoms with E-state index in [2.05, 4.69) is 10.2 Å². The minimum absolute atomic E-state index is 0.0394. The molecule has 1 aliphatic heterocycles. The standard InChI is InChI=1S/C11H4Cl2FN3O2S/c12-4-1-2-5(14)8-7(4)9(18)10(19)17(8)3-6-15-16-11(13)20-6/h1-2H,3H2. The van der Waals surface area contributed by atoms with Gasteiger partial charge in [0.25, 0.3) is 11.7 Å². The maximum absolute atomic E-state index is 13.9. The minimum atomic E-state index is -0.849. The van der Waals surface area contributed by atoms with Crippen LogP contribution in [0.25, 0.3) is 0 Å². The molecule has 102 valence electrons. The molecule has 5 nitrogen and oxygen atoms in total. The monoisotopic (exact) mass is 331 g/mol. The molecule has 9 heteroatoms. The molecule has 2 heterocycles. The number of aromatic nitrogens is 2. The Balaban J connectivity index is 2.08. The highest BCUT2D eigenvalue weighted by atomic mass is 35.5. The number of hydrogen-bond acceptors (Lipinski definition) is 5. The van der Waals surface area contributed by atoms with Gasteiger partial charge in [-0.15, -0.1) is 10.2 Å². The maximum atomic E-state index is 13.9. The Kier molecular flexibility index (Phi) is 3.19. The Morgan fingerprint density at radius 3 is 2.65 bits per heavy atom. The number of ketones is 1. The molecule has 0 fully saturated rings. The van der Waals surface area contributed by atoms with Crippen molar-refractivity contribution in [1.29, 1.82) is 0 Å². The van der Waals surface area contributed by atoms with Crippen molar-refractivity contribution in [2.45, 2.75) is 6.54 Å². The summed E-state index contributed by atoms with van der Waals surface area (Å²) in [5, 5.41) is 7.76. The van der Waals surface area contributed by atoms with E-state index in [-0.39, 0.29) is 27.3 Å². The summed E-state index contributed by atoms with van der Waals surface area (Å²) in [5.41, 5.74) is -0.244. The summed E-state index contributed by atoms with van der Waals surface area (Å²) >= 11 is 12.6. The Hall–Kier alpha value is -1.57. The number of carbonyl (C=O) groups excluding carboxylic acids is 2. The van der Waals surface area contributed by atoms with Crippen LogP contribution in [0.2, 0.25) is 9.49 Å². The van der Waals surface area contributed by atoms with Gasteiger partial charge in [-0.05, 0) is 23.7 Å². The molecule has 0 unspecified atom stereocenters. The number of rotatable bonds is 2. The zero-order valence-corrected chi connectivity index (χ0v) is 11.9. The van der Waals surface area contributed by atoms with Crippen molar-refractivity contribution >= 4 is 51.9 Å². The molecule has 0 spiro atoms. The SMILES string of the molecule is O=C1C(=O)N(Cc2nnc(Cl)s2)c2c(F)ccc(Cl)c21. The van der Waals surface area contributed by atoms with E-state index in [1.165, 1.54) is 6.07 Å². The Labute approximate surface area is 125 Å². The van der Waals surface area contributed by atoms with Gasteiger partial charge in [0.1, 0.15) is 10.8 Å². The number of benzene rings is 1. The third kappa shape index (κ3) is 1.98. The third-order valence-corrected chi connectivity index (χ3v) is 4.07. The van der Waals surface area contributed by atoms with Crippen molar-refractivity contribution in [1.82, 2.24) is 10.2 Å². The molecule has 3 rings (SSSR count). The molecule has 0 atom stereocenters. The van der Waals surface area contributed by atoms with Crippen LogP contribution in [0.3, 0.4) is 0 Å². The molecule has 20 heavy (non-hydrogen) atoms. The van der Waals surface area contributed by atoms with Crippen molar-refractivity contribution in [3.63, 3.8) is 0 Å². The van der Waals surface area contributed by atoms with E-state index >= 15 is 0 Å². The van der Waals surface area contributed by atoms with Gasteiger partial charge in [0.15, 0.2) is 0 Å². The van der Waals surface area contributed by atoms with Gasteiger partial charge in [-0.25, -0.2) is 4.39 Å². The lowest BCUT2D eigenvalue weighted by atomic mass is 10.1. The molecular weight excluding hydrogens is 328 g/mol. The van der Waals surface area contributed by atoms with Crippen molar-refractivity contribution in [2.24, 2.45) is 0 Å². The number of anilines is 1. The zero-order valence-electron chi connectivity index (χ0n) is 9.56. The van der Waals surface area contributed by atoms with Gasteiger partial charge < -0.3 is 0 Å². The first-order valence-electron chi connectivity index (χ1n) is 5.31. The topological polar surface area (TPSA) is 63.2 Å². The fourth-order valence-electron chi connectivity index (χ4n) is 1.94. The lowest BCUT2D eigenvalue weighted by Crippen LogP contribution is -2.29. The van der Waals surface area contributed by atoms with Crippen LogP contribution >= 0.6 is 34.5 Å². The molecule has 1 amide bonds. The summed E-state index contributed by atoms with van der Waals surface area (Å²) in [6.07, 6.45) is 0. The number of fused-ring (bicyclic) bond motifs is 1. The normalized spacial score (nSPS) is 14.1. The summed E-state index contributed by atoms with van der Waals surface area (Å²) in [7, 11) is 0. The average molecular weight is 332 g/mol. The zero-order chi connectivity index (χ0) is 14.4. The second kappa shape index (κ2) is 4.76. The van der Waals surface area contributed by atoms with Crippen LogP contribution in [0.1, 0.15) is 15.4 Å². The lowest BCUT2D eigenvalue weighted by Gasteiger charge is -2.15. The fourth-order valence-corrected chi connectivity index (χ4v) is 3.03. The number of Topliss-reactive ketones (excluding diaryl/α,β-unsaturated/α-hetero) is 1. The molecule has 0 N–H and O–H groups in total. The highest BCUT2D eigenvalue weighted by molar-refractivity contribution is 7.15. The van der Waals surface area contributed by atoms with Crippen LogP contribution in [-0.4, -0.2) is 21.9 Å². The quantitative estimate of drug-likeness (QED) is 0.794. The Morgan fingerprint density at radius 1 is 1.25 bits per heavy atom. The van der Waals surface area contributed by atoms with E-state index in [0.29, 0.717) is 5.01 Å². The van der Waals surface area contributed by atoms with Gasteiger partial charge in [0.2, 0.25) is 4.47 Å². The number of amides is 1. The Morgan fingerprint density at radius 2 is 2.00 bits per heavy atom. The molecule has 0 bridgehead atoms. The van der Waals surface area contributed by atoms with Gasteiger partial charge in [-0.3, -0.25) is 14.5 Å². The van der Waals surface area contributed by atoms with Crippen LogP contribution in [0, 0.1) is 5.82 Å². The predicted octanol–water partition coefficient (Wildman–Crippen LogP) is 2.71. The van der Waals surface area contributed by atoms with Gasteiger partial charge in [0.05, 0.1) is 22.8 Å². The summed E-state index contributed by atoms with van der Waals surface area (Å²) in [6.45, 7) is -0.0841. The van der Waals surface area contributed by atoms with E-state index in [1.54, 1.807) is 0 Å². The highest BCUT2D eigenvalue weighted by Gasteiger charge is 2.40. The van der Waals surface area contributed by atoms with Crippen LogP contribution in [0.4, 0.5) is 10.1 Å². The highest BCUT2D eigenvalue weighted by Crippen LogP contribution is 2.37.